The van der Waals surface area contributed by atoms with Gasteiger partial charge in [-0.25, -0.2) is 0 Å². The third kappa shape index (κ3) is 7.39. The second kappa shape index (κ2) is 11.4. The van der Waals surface area contributed by atoms with Crippen LogP contribution in [0.2, 0.25) is 0 Å². The van der Waals surface area contributed by atoms with Gasteiger partial charge in [-0.1, -0.05) is 61.5 Å². The summed E-state index contributed by atoms with van der Waals surface area (Å²) in [7, 11) is -7.65. The third-order valence-corrected chi connectivity index (χ3v) is 5.74. The Morgan fingerprint density at radius 3 is 1.93 bits per heavy atom. The number of carbonyl (C=O) groups excluding carboxylic acids is 1. The van der Waals surface area contributed by atoms with Crippen LogP contribution in [0, 0.1) is 0 Å². The molecule has 9 heteroatoms. The number of carbonyl (C=O) groups is 1. The van der Waals surface area contributed by atoms with Gasteiger partial charge in [0, 0.05) is 5.39 Å². The minimum absolute atomic E-state index is 0.0741. The second-order valence-corrected chi connectivity index (χ2v) is 8.55. The quantitative estimate of drug-likeness (QED) is 0.477. The molecule has 1 N–H and O–H groups in total. The van der Waals surface area contributed by atoms with Crippen molar-refractivity contribution in [3.05, 3.63) is 72.8 Å². The van der Waals surface area contributed by atoms with Gasteiger partial charge in [0.25, 0.3) is 20.2 Å². The number of hydrogen-bond acceptors (Lipinski definition) is 6. The molecule has 0 atom stereocenters. The molecule has 0 bridgehead atoms. The van der Waals surface area contributed by atoms with E-state index in [0.29, 0.717) is 11.8 Å². The Kier molecular flexibility index (Phi) is 9.63. The van der Waals surface area contributed by atoms with Crippen LogP contribution in [0.4, 0.5) is 0 Å². The largest absolute Gasteiger partial charge is 0.307 e. The minimum atomic E-state index is -4.00. The monoisotopic (exact) mass is 438 g/mol. The van der Waals surface area contributed by atoms with Crippen molar-refractivity contribution < 1.29 is 30.4 Å². The maximum Gasteiger partial charge on any atom is 0.297 e. The van der Waals surface area contributed by atoms with E-state index in [1.807, 2.05) is 38.0 Å². The molecule has 0 aliphatic rings. The van der Waals surface area contributed by atoms with Crippen LogP contribution in [0.15, 0.2) is 82.6 Å². The molecule has 3 aromatic rings. The highest BCUT2D eigenvalue weighted by Gasteiger charge is 2.17. The van der Waals surface area contributed by atoms with Gasteiger partial charge in [-0.15, -0.1) is 0 Å². The van der Waals surface area contributed by atoms with Crippen LogP contribution in [0.3, 0.4) is 0 Å². The summed E-state index contributed by atoms with van der Waals surface area (Å²) in [5.41, 5.74) is 0. The topological polar surface area (TPSA) is 115 Å². The summed E-state index contributed by atoms with van der Waals surface area (Å²) in [5, 5.41) is 1.60. The van der Waals surface area contributed by atoms with Crippen LogP contribution in [0.25, 0.3) is 10.8 Å². The fraction of sp³-hybridized carbons (Fsp3) is 0.150. The molecule has 29 heavy (non-hydrogen) atoms. The highest BCUT2D eigenvalue weighted by atomic mass is 32.2. The molecule has 0 spiro atoms. The van der Waals surface area contributed by atoms with E-state index in [0.717, 1.165) is 5.39 Å². The van der Waals surface area contributed by atoms with E-state index in [4.69, 9.17) is 13.5 Å². The summed E-state index contributed by atoms with van der Waals surface area (Å²) in [5.74, 6) is 0. The van der Waals surface area contributed by atoms with Crippen LogP contribution in [0.1, 0.15) is 13.3 Å². The summed E-state index contributed by atoms with van der Waals surface area (Å²) < 4.78 is 58.1. The van der Waals surface area contributed by atoms with Crippen LogP contribution < -0.4 is 0 Å². The van der Waals surface area contributed by atoms with Gasteiger partial charge in [0.05, 0.1) is 11.5 Å². The zero-order valence-corrected chi connectivity index (χ0v) is 17.4. The Balaban J connectivity index is 0.000000299. The maximum absolute atomic E-state index is 12.0. The molecular weight excluding hydrogens is 416 g/mol. The molecule has 0 radical (unpaired) electrons. The SMILES string of the molecule is C=O.CCCOS(=O)(=O)c1cccc2ccccc12.O=S(=O)(O)c1ccccc1. The Bertz CT molecular complexity index is 1100. The first kappa shape index (κ1) is 24.4. The van der Waals surface area contributed by atoms with E-state index >= 15 is 0 Å². The molecule has 0 saturated carbocycles. The maximum atomic E-state index is 12.0. The Morgan fingerprint density at radius 2 is 1.38 bits per heavy atom. The first-order valence-corrected chi connectivity index (χ1v) is 11.3. The van der Waals surface area contributed by atoms with Crippen molar-refractivity contribution in [2.24, 2.45) is 0 Å². The van der Waals surface area contributed by atoms with Crippen molar-refractivity contribution in [3.63, 3.8) is 0 Å². The van der Waals surface area contributed by atoms with E-state index in [-0.39, 0.29) is 16.4 Å². The Labute approximate surface area is 170 Å². The van der Waals surface area contributed by atoms with E-state index in [2.05, 4.69) is 0 Å². The first-order valence-electron chi connectivity index (χ1n) is 8.44. The van der Waals surface area contributed by atoms with Crippen molar-refractivity contribution in [1.82, 2.24) is 0 Å². The van der Waals surface area contributed by atoms with Gasteiger partial charge in [-0.3, -0.25) is 8.74 Å². The molecule has 0 amide bonds. The molecule has 0 saturated heterocycles. The average molecular weight is 439 g/mol. The zero-order valence-electron chi connectivity index (χ0n) is 15.8. The van der Waals surface area contributed by atoms with Gasteiger partial charge in [0.1, 0.15) is 11.7 Å². The van der Waals surface area contributed by atoms with Crippen LogP contribution >= 0.6 is 0 Å². The first-order chi connectivity index (χ1) is 13.8. The van der Waals surface area contributed by atoms with E-state index in [1.165, 1.54) is 12.1 Å². The van der Waals surface area contributed by atoms with Gasteiger partial charge in [0.15, 0.2) is 0 Å². The van der Waals surface area contributed by atoms with Gasteiger partial charge >= 0.3 is 0 Å². The number of benzene rings is 3. The van der Waals surface area contributed by atoms with Gasteiger partial charge < -0.3 is 4.79 Å². The molecule has 7 nitrogen and oxygen atoms in total. The van der Waals surface area contributed by atoms with Crippen LogP contribution in [0.5, 0.6) is 0 Å². The molecule has 156 valence electrons. The molecule has 3 rings (SSSR count). The highest BCUT2D eigenvalue weighted by Crippen LogP contribution is 2.24. The second-order valence-electron chi connectivity index (χ2n) is 5.54. The molecule has 0 fully saturated rings. The standard InChI is InChI=1S/C13H14O3S.C6H6O3S.CH2O/c1-2-10-16-17(14,15)13-9-5-7-11-6-3-4-8-12(11)13;7-10(8,9)6-4-2-1-3-5-6;1-2/h3-9H,2,10H2,1H3;1-5H,(H,7,8,9);1H2. The normalized spacial score (nSPS) is 11.0. The zero-order chi connectivity index (χ0) is 21.9. The summed E-state index contributed by atoms with van der Waals surface area (Å²) in [6, 6.07) is 20.0. The van der Waals surface area contributed by atoms with Gasteiger partial charge in [-0.05, 0) is 30.0 Å². The fourth-order valence-electron chi connectivity index (χ4n) is 2.26. The predicted molar refractivity (Wildman–Crippen MR) is 111 cm³/mol. The summed E-state index contributed by atoms with van der Waals surface area (Å²) in [4.78, 5) is 8.17. The smallest absolute Gasteiger partial charge is 0.297 e. The molecule has 0 heterocycles. The van der Waals surface area contributed by atoms with Crippen molar-refractivity contribution >= 4 is 37.8 Å². The average Bonchev–Trinajstić information content (AvgIpc) is 2.74. The number of fused-ring (bicyclic) bond motifs is 1. The van der Waals surface area contributed by atoms with Crippen LogP contribution in [-0.2, 0) is 29.2 Å². The van der Waals surface area contributed by atoms with Crippen molar-refractivity contribution in [2.45, 2.75) is 23.1 Å². The van der Waals surface area contributed by atoms with Gasteiger partial charge in [-0.2, -0.15) is 16.8 Å². The summed E-state index contributed by atoms with van der Waals surface area (Å²) >= 11 is 0. The van der Waals surface area contributed by atoms with E-state index in [1.54, 1.807) is 36.4 Å². The Morgan fingerprint density at radius 1 is 0.828 bits per heavy atom. The minimum Gasteiger partial charge on any atom is -0.307 e. The lowest BCUT2D eigenvalue weighted by atomic mass is 10.1. The molecule has 0 unspecified atom stereocenters. The molecular formula is C20H22O7S2. The van der Waals surface area contributed by atoms with Crippen LogP contribution in [-0.4, -0.2) is 34.8 Å². The molecule has 0 aromatic heterocycles. The molecule has 0 aliphatic heterocycles. The number of hydrogen-bond donors (Lipinski definition) is 1. The fourth-order valence-corrected chi connectivity index (χ4v) is 3.98. The van der Waals surface area contributed by atoms with Gasteiger partial charge in [0.2, 0.25) is 0 Å². The molecule has 0 aliphatic carbocycles. The molecule has 3 aromatic carbocycles. The van der Waals surface area contributed by atoms with E-state index in [9.17, 15) is 16.8 Å². The lowest BCUT2D eigenvalue weighted by Crippen LogP contribution is -2.07. The highest BCUT2D eigenvalue weighted by molar-refractivity contribution is 7.87. The predicted octanol–water partition coefficient (Wildman–Crippen LogP) is 3.70. The lowest BCUT2D eigenvalue weighted by Gasteiger charge is -2.07. The van der Waals surface area contributed by atoms with Crippen molar-refractivity contribution in [1.29, 1.82) is 0 Å². The third-order valence-electron chi connectivity index (χ3n) is 3.50. The summed E-state index contributed by atoms with van der Waals surface area (Å²) in [6.07, 6.45) is 0.671. The Hall–Kier alpha value is -2.59. The number of rotatable bonds is 5. The summed E-state index contributed by atoms with van der Waals surface area (Å²) in [6.45, 7) is 4.09. The lowest BCUT2D eigenvalue weighted by molar-refractivity contribution is -0.0980. The van der Waals surface area contributed by atoms with Crippen molar-refractivity contribution in [3.8, 4) is 0 Å². The van der Waals surface area contributed by atoms with E-state index < -0.39 is 20.2 Å². The van der Waals surface area contributed by atoms with Crippen molar-refractivity contribution in [2.75, 3.05) is 6.61 Å².